The molecule has 3 heteroatoms. The van der Waals surface area contributed by atoms with Crippen molar-refractivity contribution >= 4 is 37.5 Å². The number of rotatable bonds is 2. The number of hydrogen-bond donors (Lipinski definition) is 1. The summed E-state index contributed by atoms with van der Waals surface area (Å²) >= 11 is 6.86. The zero-order chi connectivity index (χ0) is 9.68. The molecule has 0 bridgehead atoms. The molecule has 0 aromatic heterocycles. The monoisotopic (exact) mass is 301 g/mol. The second-order valence-electron chi connectivity index (χ2n) is 2.40. The third-order valence-corrected chi connectivity index (χ3v) is 2.66. The second-order valence-corrected chi connectivity index (χ2v) is 4.17. The Hall–Kier alpha value is -0.460. The lowest BCUT2D eigenvalue weighted by Crippen LogP contribution is -1.98. The molecule has 0 aliphatic carbocycles. The Bertz CT molecular complexity index is 350. The molecular weight excluding hydrogens is 294 g/mol. The van der Waals surface area contributed by atoms with Crippen LogP contribution >= 0.6 is 31.9 Å². The first-order chi connectivity index (χ1) is 6.24. The van der Waals surface area contributed by atoms with Gasteiger partial charge < -0.3 is 5.32 Å². The van der Waals surface area contributed by atoms with Gasteiger partial charge in [-0.1, -0.05) is 21.9 Å². The van der Waals surface area contributed by atoms with Gasteiger partial charge in [-0.05, 0) is 41.1 Å². The molecule has 0 amide bonds. The van der Waals surface area contributed by atoms with Crippen LogP contribution in [0.25, 0.3) is 0 Å². The number of halogens is 2. The van der Waals surface area contributed by atoms with E-state index in [1.54, 1.807) is 0 Å². The third-order valence-electron chi connectivity index (χ3n) is 1.47. The molecule has 0 spiro atoms. The summed E-state index contributed by atoms with van der Waals surface area (Å²) in [6.07, 6.45) is 0. The predicted molar refractivity (Wildman–Crippen MR) is 63.8 cm³/mol. The van der Waals surface area contributed by atoms with Crippen LogP contribution in [0.1, 0.15) is 6.92 Å². The van der Waals surface area contributed by atoms with E-state index in [0.29, 0.717) is 6.54 Å². The number of benzene rings is 1. The lowest BCUT2D eigenvalue weighted by atomic mass is 10.3. The van der Waals surface area contributed by atoms with E-state index >= 15 is 0 Å². The summed E-state index contributed by atoms with van der Waals surface area (Å²) in [6.45, 7) is 2.50. The van der Waals surface area contributed by atoms with Crippen molar-refractivity contribution in [1.82, 2.24) is 0 Å². The quantitative estimate of drug-likeness (QED) is 0.822. The largest absolute Gasteiger partial charge is 0.373 e. The van der Waals surface area contributed by atoms with Gasteiger partial charge in [-0.25, -0.2) is 0 Å². The summed E-state index contributed by atoms with van der Waals surface area (Å²) < 4.78 is 2.11. The maximum atomic E-state index is 3.45. The normalized spacial score (nSPS) is 8.85. The molecule has 0 unspecified atom stereocenters. The highest BCUT2D eigenvalue weighted by atomic mass is 79.9. The van der Waals surface area contributed by atoms with E-state index in [9.17, 15) is 0 Å². The van der Waals surface area contributed by atoms with Gasteiger partial charge in [0.15, 0.2) is 0 Å². The first-order valence-electron chi connectivity index (χ1n) is 3.82. The van der Waals surface area contributed by atoms with Gasteiger partial charge in [-0.15, -0.1) is 5.92 Å². The Morgan fingerprint density at radius 1 is 1.38 bits per heavy atom. The van der Waals surface area contributed by atoms with Gasteiger partial charge in [-0.3, -0.25) is 0 Å². The highest BCUT2D eigenvalue weighted by Crippen LogP contribution is 2.25. The SMILES string of the molecule is CC#CCNc1cc(Br)ccc1Br. The first kappa shape index (κ1) is 10.6. The molecule has 0 saturated heterocycles. The molecule has 68 valence electrons. The molecule has 0 fully saturated rings. The fourth-order valence-corrected chi connectivity index (χ4v) is 1.61. The number of hydrogen-bond acceptors (Lipinski definition) is 1. The summed E-state index contributed by atoms with van der Waals surface area (Å²) in [6, 6.07) is 5.99. The van der Waals surface area contributed by atoms with Crippen molar-refractivity contribution in [1.29, 1.82) is 0 Å². The van der Waals surface area contributed by atoms with Crippen LogP contribution in [-0.4, -0.2) is 6.54 Å². The lowest BCUT2D eigenvalue weighted by Gasteiger charge is -2.05. The van der Waals surface area contributed by atoms with Crippen LogP contribution in [0, 0.1) is 11.8 Å². The summed E-state index contributed by atoms with van der Waals surface area (Å²) in [7, 11) is 0. The molecule has 0 aliphatic rings. The minimum atomic E-state index is 0.672. The van der Waals surface area contributed by atoms with Gasteiger partial charge in [0.1, 0.15) is 0 Å². The van der Waals surface area contributed by atoms with E-state index < -0.39 is 0 Å². The van der Waals surface area contributed by atoms with Crippen molar-refractivity contribution in [2.75, 3.05) is 11.9 Å². The van der Waals surface area contributed by atoms with Crippen molar-refractivity contribution in [2.45, 2.75) is 6.92 Å². The maximum absolute atomic E-state index is 3.45. The van der Waals surface area contributed by atoms with Crippen molar-refractivity contribution in [2.24, 2.45) is 0 Å². The van der Waals surface area contributed by atoms with Gasteiger partial charge >= 0.3 is 0 Å². The van der Waals surface area contributed by atoms with Gasteiger partial charge in [0.25, 0.3) is 0 Å². The van der Waals surface area contributed by atoms with E-state index in [-0.39, 0.29) is 0 Å². The van der Waals surface area contributed by atoms with Crippen LogP contribution in [0.4, 0.5) is 5.69 Å². The Morgan fingerprint density at radius 2 is 2.15 bits per heavy atom. The fraction of sp³-hybridized carbons (Fsp3) is 0.200. The van der Waals surface area contributed by atoms with Gasteiger partial charge in [-0.2, -0.15) is 0 Å². The van der Waals surface area contributed by atoms with E-state index in [1.807, 2.05) is 25.1 Å². The molecule has 1 nitrogen and oxygen atoms in total. The minimum Gasteiger partial charge on any atom is -0.373 e. The Kier molecular flexibility index (Phi) is 4.34. The highest BCUT2D eigenvalue weighted by molar-refractivity contribution is 9.11. The summed E-state index contributed by atoms with van der Waals surface area (Å²) in [4.78, 5) is 0. The smallest absolute Gasteiger partial charge is 0.0766 e. The average molecular weight is 303 g/mol. The molecule has 1 aromatic rings. The molecule has 1 rings (SSSR count). The Morgan fingerprint density at radius 3 is 2.85 bits per heavy atom. The van der Waals surface area contributed by atoms with Crippen LogP contribution < -0.4 is 5.32 Å². The average Bonchev–Trinajstić information content (AvgIpc) is 2.11. The molecule has 1 N–H and O–H groups in total. The molecule has 13 heavy (non-hydrogen) atoms. The van der Waals surface area contributed by atoms with Gasteiger partial charge in [0.05, 0.1) is 12.2 Å². The molecule has 1 aromatic carbocycles. The molecule has 0 aliphatic heterocycles. The van der Waals surface area contributed by atoms with Gasteiger partial charge in [0, 0.05) is 8.95 Å². The van der Waals surface area contributed by atoms with Crippen LogP contribution in [0.5, 0.6) is 0 Å². The third kappa shape index (κ3) is 3.41. The van der Waals surface area contributed by atoms with E-state index in [0.717, 1.165) is 14.6 Å². The van der Waals surface area contributed by atoms with Crippen LogP contribution in [0.2, 0.25) is 0 Å². The summed E-state index contributed by atoms with van der Waals surface area (Å²) in [5, 5.41) is 3.20. The van der Waals surface area contributed by atoms with E-state index in [1.165, 1.54) is 0 Å². The maximum Gasteiger partial charge on any atom is 0.0766 e. The number of anilines is 1. The zero-order valence-corrected chi connectivity index (χ0v) is 10.4. The van der Waals surface area contributed by atoms with Crippen LogP contribution in [0.15, 0.2) is 27.1 Å². The molecule has 0 heterocycles. The topological polar surface area (TPSA) is 12.0 Å². The predicted octanol–water partition coefficient (Wildman–Crippen LogP) is 3.65. The van der Waals surface area contributed by atoms with E-state index in [4.69, 9.17) is 0 Å². The minimum absolute atomic E-state index is 0.672. The van der Waals surface area contributed by atoms with Crippen molar-refractivity contribution in [3.63, 3.8) is 0 Å². The second kappa shape index (κ2) is 5.31. The number of nitrogens with one attached hydrogen (secondary N) is 1. The van der Waals surface area contributed by atoms with Crippen LogP contribution in [0.3, 0.4) is 0 Å². The highest BCUT2D eigenvalue weighted by Gasteiger charge is 1.97. The van der Waals surface area contributed by atoms with Gasteiger partial charge in [0.2, 0.25) is 0 Å². The lowest BCUT2D eigenvalue weighted by molar-refractivity contribution is 1.36. The summed E-state index contributed by atoms with van der Waals surface area (Å²) in [5.41, 5.74) is 1.05. The Labute approximate surface area is 95.2 Å². The van der Waals surface area contributed by atoms with Crippen molar-refractivity contribution in [3.05, 3.63) is 27.1 Å². The molecular formula is C10H9Br2N. The van der Waals surface area contributed by atoms with E-state index in [2.05, 4.69) is 49.0 Å². The molecule has 0 atom stereocenters. The standard InChI is InChI=1S/C10H9Br2N/c1-2-3-6-13-10-7-8(11)4-5-9(10)12/h4-5,7,13H,6H2,1H3. The molecule has 0 saturated carbocycles. The van der Waals surface area contributed by atoms with Crippen molar-refractivity contribution < 1.29 is 0 Å². The zero-order valence-electron chi connectivity index (χ0n) is 7.20. The van der Waals surface area contributed by atoms with Crippen molar-refractivity contribution in [3.8, 4) is 11.8 Å². The Balaban J connectivity index is 2.73. The first-order valence-corrected chi connectivity index (χ1v) is 5.41. The van der Waals surface area contributed by atoms with Crippen LogP contribution in [-0.2, 0) is 0 Å². The molecule has 0 radical (unpaired) electrons. The fourth-order valence-electron chi connectivity index (χ4n) is 0.861. The summed E-state index contributed by atoms with van der Waals surface area (Å²) in [5.74, 6) is 5.78.